The molecule has 0 aliphatic heterocycles. The van der Waals surface area contributed by atoms with Crippen LogP contribution in [0, 0.1) is 11.3 Å². The summed E-state index contributed by atoms with van der Waals surface area (Å²) in [4.78, 5) is 0. The van der Waals surface area contributed by atoms with Crippen LogP contribution >= 0.6 is 11.8 Å². The minimum absolute atomic E-state index is 0.432. The molecule has 0 atom stereocenters. The maximum absolute atomic E-state index is 8.89. The summed E-state index contributed by atoms with van der Waals surface area (Å²) in [6.07, 6.45) is 3.03. The average molecular weight is 222 g/mol. The Bertz CT molecular complexity index is 360. The van der Waals surface area contributed by atoms with Crippen molar-refractivity contribution in [3.05, 3.63) is 23.8 Å². The molecule has 4 heteroatoms. The molecule has 0 saturated heterocycles. The van der Waals surface area contributed by atoms with Crippen molar-refractivity contribution < 1.29 is 4.74 Å². The average Bonchev–Trinajstić information content (AvgIpc) is 2.24. The number of benzene rings is 1. The molecule has 0 heterocycles. The molecule has 0 saturated carbocycles. The molecule has 0 radical (unpaired) electrons. The Labute approximate surface area is 94.2 Å². The fraction of sp³-hybridized carbons (Fsp3) is 0.364. The molecule has 2 N–H and O–H groups in total. The number of nitriles is 1. The Morgan fingerprint density at radius 2 is 2.33 bits per heavy atom. The SMILES string of the molecule is CSCCCOc1cccc(N)c1C#N. The predicted molar refractivity (Wildman–Crippen MR) is 64.1 cm³/mol. The topological polar surface area (TPSA) is 59.0 Å². The molecule has 15 heavy (non-hydrogen) atoms. The summed E-state index contributed by atoms with van der Waals surface area (Å²) in [5.41, 5.74) is 6.56. The van der Waals surface area contributed by atoms with Crippen LogP contribution in [0.4, 0.5) is 5.69 Å². The lowest BCUT2D eigenvalue weighted by Gasteiger charge is -2.08. The van der Waals surface area contributed by atoms with Crippen LogP contribution in [-0.2, 0) is 0 Å². The lowest BCUT2D eigenvalue weighted by atomic mass is 10.2. The summed E-state index contributed by atoms with van der Waals surface area (Å²) in [6, 6.07) is 7.31. The molecule has 80 valence electrons. The van der Waals surface area contributed by atoms with Gasteiger partial charge in [0.1, 0.15) is 17.4 Å². The molecule has 0 aromatic heterocycles. The minimum atomic E-state index is 0.432. The first-order valence-electron chi connectivity index (χ1n) is 4.70. The summed E-state index contributed by atoms with van der Waals surface area (Å²) in [7, 11) is 0. The maximum atomic E-state index is 8.89. The Kier molecular flexibility index (Phi) is 4.85. The number of nitrogens with zero attached hydrogens (tertiary/aromatic N) is 1. The van der Waals surface area contributed by atoms with Gasteiger partial charge in [-0.15, -0.1) is 0 Å². The predicted octanol–water partition coefficient (Wildman–Crippen LogP) is 2.27. The van der Waals surface area contributed by atoms with Gasteiger partial charge in [0, 0.05) is 0 Å². The van der Waals surface area contributed by atoms with Crippen LogP contribution in [-0.4, -0.2) is 18.6 Å². The van der Waals surface area contributed by atoms with E-state index < -0.39 is 0 Å². The summed E-state index contributed by atoms with van der Waals surface area (Å²) in [6.45, 7) is 0.624. The van der Waals surface area contributed by atoms with E-state index in [1.807, 2.05) is 6.07 Å². The standard InChI is InChI=1S/C11H14N2OS/c1-15-7-3-6-14-11-5-2-4-10(13)9(11)8-12/h2,4-5H,3,6-7,13H2,1H3. The van der Waals surface area contributed by atoms with Crippen molar-refractivity contribution in [3.8, 4) is 11.8 Å². The molecule has 0 aliphatic carbocycles. The zero-order valence-electron chi connectivity index (χ0n) is 8.69. The first kappa shape index (κ1) is 11.7. The number of hydrogen-bond acceptors (Lipinski definition) is 4. The third kappa shape index (κ3) is 3.37. The van der Waals surface area contributed by atoms with Crippen molar-refractivity contribution in [3.63, 3.8) is 0 Å². The number of nitrogens with two attached hydrogens (primary N) is 1. The first-order chi connectivity index (χ1) is 7.29. The first-order valence-corrected chi connectivity index (χ1v) is 6.09. The van der Waals surface area contributed by atoms with Crippen molar-refractivity contribution in [2.75, 3.05) is 24.3 Å². The van der Waals surface area contributed by atoms with Crippen LogP contribution in [0.3, 0.4) is 0 Å². The molecule has 1 rings (SSSR count). The van der Waals surface area contributed by atoms with Crippen molar-refractivity contribution >= 4 is 17.4 Å². The largest absolute Gasteiger partial charge is 0.492 e. The Morgan fingerprint density at radius 3 is 3.00 bits per heavy atom. The second kappa shape index (κ2) is 6.20. The third-order valence-electron chi connectivity index (χ3n) is 1.92. The van der Waals surface area contributed by atoms with E-state index in [0.717, 1.165) is 12.2 Å². The molecule has 0 unspecified atom stereocenters. The number of anilines is 1. The second-order valence-electron chi connectivity index (χ2n) is 3.03. The van der Waals surface area contributed by atoms with Gasteiger partial charge in [0.2, 0.25) is 0 Å². The van der Waals surface area contributed by atoms with Crippen LogP contribution in [0.1, 0.15) is 12.0 Å². The van der Waals surface area contributed by atoms with E-state index in [1.165, 1.54) is 0 Å². The number of nitrogen functional groups attached to an aromatic ring is 1. The van der Waals surface area contributed by atoms with Gasteiger partial charge >= 0.3 is 0 Å². The third-order valence-corrected chi connectivity index (χ3v) is 2.62. The number of thioether (sulfide) groups is 1. The van der Waals surface area contributed by atoms with Crippen molar-refractivity contribution in [2.24, 2.45) is 0 Å². The zero-order valence-corrected chi connectivity index (χ0v) is 9.51. The summed E-state index contributed by atoms with van der Waals surface area (Å²) in [5.74, 6) is 1.64. The van der Waals surface area contributed by atoms with Crippen LogP contribution in [0.25, 0.3) is 0 Å². The summed E-state index contributed by atoms with van der Waals surface area (Å²) in [5, 5.41) is 8.89. The van der Waals surface area contributed by atoms with Gasteiger partial charge in [0.05, 0.1) is 12.3 Å². The maximum Gasteiger partial charge on any atom is 0.139 e. The van der Waals surface area contributed by atoms with Gasteiger partial charge in [0.25, 0.3) is 0 Å². The van der Waals surface area contributed by atoms with Gasteiger partial charge < -0.3 is 10.5 Å². The van der Waals surface area contributed by atoms with Crippen LogP contribution < -0.4 is 10.5 Å². The summed E-state index contributed by atoms with van der Waals surface area (Å²) >= 11 is 1.78. The minimum Gasteiger partial charge on any atom is -0.492 e. The van der Waals surface area contributed by atoms with Gasteiger partial charge in [-0.3, -0.25) is 0 Å². The molecule has 0 amide bonds. The van der Waals surface area contributed by atoms with E-state index in [0.29, 0.717) is 23.6 Å². The highest BCUT2D eigenvalue weighted by Crippen LogP contribution is 2.23. The highest BCUT2D eigenvalue weighted by molar-refractivity contribution is 7.98. The van der Waals surface area contributed by atoms with E-state index in [1.54, 1.807) is 30.0 Å². The molecule has 0 aliphatic rings. The van der Waals surface area contributed by atoms with Gasteiger partial charge in [-0.05, 0) is 30.6 Å². The van der Waals surface area contributed by atoms with Gasteiger partial charge in [0.15, 0.2) is 0 Å². The van der Waals surface area contributed by atoms with E-state index in [-0.39, 0.29) is 0 Å². The summed E-state index contributed by atoms with van der Waals surface area (Å²) < 4.78 is 5.50. The van der Waals surface area contributed by atoms with E-state index >= 15 is 0 Å². The van der Waals surface area contributed by atoms with Crippen molar-refractivity contribution in [2.45, 2.75) is 6.42 Å². The fourth-order valence-electron chi connectivity index (χ4n) is 1.17. The normalized spacial score (nSPS) is 9.60. The Balaban J connectivity index is 2.61. The highest BCUT2D eigenvalue weighted by atomic mass is 32.2. The lowest BCUT2D eigenvalue weighted by molar-refractivity contribution is 0.318. The molecule has 1 aromatic carbocycles. The molecule has 0 spiro atoms. The van der Waals surface area contributed by atoms with Crippen molar-refractivity contribution in [1.82, 2.24) is 0 Å². The number of rotatable bonds is 5. The molecular formula is C11H14N2OS. The molecule has 0 fully saturated rings. The van der Waals surface area contributed by atoms with E-state index in [2.05, 4.69) is 6.26 Å². The van der Waals surface area contributed by atoms with Gasteiger partial charge in [-0.2, -0.15) is 17.0 Å². The van der Waals surface area contributed by atoms with Gasteiger partial charge in [-0.25, -0.2) is 0 Å². The van der Waals surface area contributed by atoms with Crippen LogP contribution in [0.15, 0.2) is 18.2 Å². The monoisotopic (exact) mass is 222 g/mol. The second-order valence-corrected chi connectivity index (χ2v) is 4.01. The Morgan fingerprint density at radius 1 is 1.53 bits per heavy atom. The Hall–Kier alpha value is -1.34. The smallest absolute Gasteiger partial charge is 0.139 e. The molecule has 1 aromatic rings. The van der Waals surface area contributed by atoms with Crippen molar-refractivity contribution in [1.29, 1.82) is 5.26 Å². The lowest BCUT2D eigenvalue weighted by Crippen LogP contribution is -2.01. The van der Waals surface area contributed by atoms with E-state index in [9.17, 15) is 0 Å². The highest BCUT2D eigenvalue weighted by Gasteiger charge is 2.05. The zero-order chi connectivity index (χ0) is 11.1. The quantitative estimate of drug-likeness (QED) is 0.613. The van der Waals surface area contributed by atoms with Crippen LogP contribution in [0.2, 0.25) is 0 Å². The fourth-order valence-corrected chi connectivity index (χ4v) is 1.58. The molecule has 0 bridgehead atoms. The van der Waals surface area contributed by atoms with E-state index in [4.69, 9.17) is 15.7 Å². The molecular weight excluding hydrogens is 208 g/mol. The van der Waals surface area contributed by atoms with Gasteiger partial charge in [-0.1, -0.05) is 6.07 Å². The number of hydrogen-bond donors (Lipinski definition) is 1. The molecule has 3 nitrogen and oxygen atoms in total. The number of ether oxygens (including phenoxy) is 1. The van der Waals surface area contributed by atoms with Crippen LogP contribution in [0.5, 0.6) is 5.75 Å².